The van der Waals surface area contributed by atoms with E-state index in [1.165, 1.54) is 11.1 Å². The summed E-state index contributed by atoms with van der Waals surface area (Å²) in [5.41, 5.74) is 4.28. The van der Waals surface area contributed by atoms with Crippen LogP contribution in [-0.4, -0.2) is 14.8 Å². The highest BCUT2D eigenvalue weighted by Crippen LogP contribution is 2.40. The molecule has 3 aromatic rings. The maximum Gasteiger partial charge on any atom is 0.137 e. The Kier molecular flexibility index (Phi) is 2.80. The Morgan fingerprint density at radius 2 is 1.68 bits per heavy atom. The number of benzene rings is 2. The summed E-state index contributed by atoms with van der Waals surface area (Å²) in [4.78, 5) is 4.13. The Hall–Kier alpha value is -2.93. The van der Waals surface area contributed by atoms with Crippen molar-refractivity contribution in [3.8, 4) is 6.07 Å². The van der Waals surface area contributed by atoms with E-state index >= 15 is 0 Å². The monoisotopic (exact) mass is 286 g/mol. The van der Waals surface area contributed by atoms with Crippen molar-refractivity contribution in [1.82, 2.24) is 14.8 Å². The number of fused-ring (bicyclic) bond motifs is 1. The smallest absolute Gasteiger partial charge is 0.137 e. The van der Waals surface area contributed by atoms with Crippen LogP contribution in [0.2, 0.25) is 0 Å². The second kappa shape index (κ2) is 4.81. The fraction of sp³-hybridized carbons (Fsp3) is 0.167. The molecule has 0 radical (unpaired) electrons. The first-order chi connectivity index (χ1) is 10.8. The Labute approximate surface area is 128 Å². The predicted molar refractivity (Wildman–Crippen MR) is 82.1 cm³/mol. The number of nitrogens with zero attached hydrogens (tertiary/aromatic N) is 4. The van der Waals surface area contributed by atoms with Crippen LogP contribution < -0.4 is 0 Å². The molecule has 4 rings (SSSR count). The first-order valence-electron chi connectivity index (χ1n) is 7.24. The van der Waals surface area contributed by atoms with E-state index in [1.54, 1.807) is 12.7 Å². The van der Waals surface area contributed by atoms with Gasteiger partial charge >= 0.3 is 0 Å². The zero-order valence-corrected chi connectivity index (χ0v) is 12.0. The molecular weight excluding hydrogens is 272 g/mol. The van der Waals surface area contributed by atoms with Crippen LogP contribution in [0.5, 0.6) is 0 Å². The molecule has 0 saturated carbocycles. The van der Waals surface area contributed by atoms with Gasteiger partial charge in [-0.3, -0.25) is 0 Å². The van der Waals surface area contributed by atoms with Gasteiger partial charge in [-0.05, 0) is 28.8 Å². The molecule has 0 amide bonds. The van der Waals surface area contributed by atoms with E-state index in [-0.39, 0.29) is 5.54 Å². The Morgan fingerprint density at radius 1 is 1.00 bits per heavy atom. The SMILES string of the molecule is N#Cc1ccc(C2(n3cncn3)Cc3ccccc3C2)cc1. The summed E-state index contributed by atoms with van der Waals surface area (Å²) in [5.74, 6) is 0. The molecule has 2 aromatic carbocycles. The molecule has 0 saturated heterocycles. The third-order valence-corrected chi connectivity index (χ3v) is 4.49. The van der Waals surface area contributed by atoms with Gasteiger partial charge in [-0.25, -0.2) is 9.67 Å². The molecule has 0 unspecified atom stereocenters. The fourth-order valence-electron chi connectivity index (χ4n) is 3.38. The van der Waals surface area contributed by atoms with E-state index in [0.29, 0.717) is 5.56 Å². The zero-order chi connectivity index (χ0) is 15.0. The quantitative estimate of drug-likeness (QED) is 0.728. The molecule has 22 heavy (non-hydrogen) atoms. The number of rotatable bonds is 2. The third-order valence-electron chi connectivity index (χ3n) is 4.49. The maximum atomic E-state index is 9.01. The van der Waals surface area contributed by atoms with Crippen molar-refractivity contribution in [3.63, 3.8) is 0 Å². The molecule has 1 heterocycles. The second-order valence-electron chi connectivity index (χ2n) is 5.68. The summed E-state index contributed by atoms with van der Waals surface area (Å²) in [7, 11) is 0. The van der Waals surface area contributed by atoms with Crippen LogP contribution >= 0.6 is 0 Å². The Balaban J connectivity index is 1.86. The third kappa shape index (κ3) is 1.83. The first kappa shape index (κ1) is 12.8. The largest absolute Gasteiger partial charge is 0.242 e. The van der Waals surface area contributed by atoms with Crippen molar-refractivity contribution >= 4 is 0 Å². The second-order valence-corrected chi connectivity index (χ2v) is 5.68. The lowest BCUT2D eigenvalue weighted by molar-refractivity contribution is 0.335. The molecular formula is C18H14N4. The molecule has 0 aliphatic heterocycles. The summed E-state index contributed by atoms with van der Waals surface area (Å²) in [6.45, 7) is 0. The standard InChI is InChI=1S/C18H14N4/c19-11-14-5-7-17(8-6-14)18(22-13-20-12-21-22)9-15-3-1-2-4-16(15)10-18/h1-8,12-13H,9-10H2. The molecule has 106 valence electrons. The van der Waals surface area contributed by atoms with Gasteiger partial charge in [-0.2, -0.15) is 10.4 Å². The van der Waals surface area contributed by atoms with Crippen LogP contribution in [0.4, 0.5) is 0 Å². The molecule has 1 aliphatic carbocycles. The average Bonchev–Trinajstić information content (AvgIpc) is 3.22. The van der Waals surface area contributed by atoms with E-state index in [0.717, 1.165) is 18.4 Å². The summed E-state index contributed by atoms with van der Waals surface area (Å²) < 4.78 is 1.95. The highest BCUT2D eigenvalue weighted by molar-refractivity contribution is 5.43. The van der Waals surface area contributed by atoms with E-state index in [2.05, 4.69) is 40.4 Å². The average molecular weight is 286 g/mol. The van der Waals surface area contributed by atoms with Gasteiger partial charge in [0.1, 0.15) is 12.7 Å². The van der Waals surface area contributed by atoms with Crippen molar-refractivity contribution in [3.05, 3.63) is 83.4 Å². The summed E-state index contributed by atoms with van der Waals surface area (Å²) in [5, 5.41) is 13.4. The van der Waals surface area contributed by atoms with Gasteiger partial charge in [0.15, 0.2) is 0 Å². The Morgan fingerprint density at radius 3 is 2.23 bits per heavy atom. The van der Waals surface area contributed by atoms with Gasteiger partial charge in [0.25, 0.3) is 0 Å². The van der Waals surface area contributed by atoms with Gasteiger partial charge in [0, 0.05) is 12.8 Å². The fourth-order valence-corrected chi connectivity index (χ4v) is 3.38. The lowest BCUT2D eigenvalue weighted by Gasteiger charge is -2.30. The number of aromatic nitrogens is 3. The molecule has 0 bridgehead atoms. The van der Waals surface area contributed by atoms with Crippen LogP contribution in [0.15, 0.2) is 61.2 Å². The van der Waals surface area contributed by atoms with Crippen molar-refractivity contribution in [1.29, 1.82) is 5.26 Å². The van der Waals surface area contributed by atoms with Crippen LogP contribution in [0.25, 0.3) is 0 Å². The van der Waals surface area contributed by atoms with E-state index in [4.69, 9.17) is 5.26 Å². The topological polar surface area (TPSA) is 54.5 Å². The molecule has 0 N–H and O–H groups in total. The van der Waals surface area contributed by atoms with Crippen molar-refractivity contribution in [2.45, 2.75) is 18.4 Å². The number of hydrogen-bond donors (Lipinski definition) is 0. The highest BCUT2D eigenvalue weighted by Gasteiger charge is 2.41. The van der Waals surface area contributed by atoms with Crippen molar-refractivity contribution in [2.75, 3.05) is 0 Å². The van der Waals surface area contributed by atoms with Crippen molar-refractivity contribution in [2.24, 2.45) is 0 Å². The van der Waals surface area contributed by atoms with Crippen LogP contribution in [0, 0.1) is 11.3 Å². The maximum absolute atomic E-state index is 9.01. The van der Waals surface area contributed by atoms with E-state index < -0.39 is 0 Å². The molecule has 1 aromatic heterocycles. The van der Waals surface area contributed by atoms with Gasteiger partial charge in [-0.1, -0.05) is 36.4 Å². The van der Waals surface area contributed by atoms with E-state index in [1.807, 2.05) is 28.9 Å². The highest BCUT2D eigenvalue weighted by atomic mass is 15.4. The lowest BCUT2D eigenvalue weighted by atomic mass is 9.86. The predicted octanol–water partition coefficient (Wildman–Crippen LogP) is 2.69. The van der Waals surface area contributed by atoms with Crippen LogP contribution in [0.3, 0.4) is 0 Å². The molecule has 1 aliphatic rings. The number of nitriles is 1. The summed E-state index contributed by atoms with van der Waals surface area (Å²) >= 11 is 0. The minimum absolute atomic E-state index is 0.256. The molecule has 0 atom stereocenters. The van der Waals surface area contributed by atoms with Gasteiger partial charge in [-0.15, -0.1) is 0 Å². The van der Waals surface area contributed by atoms with Gasteiger partial charge in [0.05, 0.1) is 17.2 Å². The summed E-state index contributed by atoms with van der Waals surface area (Å²) in [6.07, 6.45) is 5.13. The molecule has 4 heteroatoms. The normalized spacial score (nSPS) is 15.2. The van der Waals surface area contributed by atoms with Crippen molar-refractivity contribution < 1.29 is 0 Å². The lowest BCUT2D eigenvalue weighted by Crippen LogP contribution is -2.36. The zero-order valence-electron chi connectivity index (χ0n) is 12.0. The summed E-state index contributed by atoms with van der Waals surface area (Å²) in [6, 6.07) is 18.5. The first-order valence-corrected chi connectivity index (χ1v) is 7.24. The van der Waals surface area contributed by atoms with Gasteiger partial charge in [0.2, 0.25) is 0 Å². The molecule has 0 spiro atoms. The molecule has 4 nitrogen and oxygen atoms in total. The number of hydrogen-bond acceptors (Lipinski definition) is 3. The minimum atomic E-state index is -0.256. The van der Waals surface area contributed by atoms with Gasteiger partial charge < -0.3 is 0 Å². The van der Waals surface area contributed by atoms with Crippen LogP contribution in [-0.2, 0) is 18.4 Å². The van der Waals surface area contributed by atoms with Crippen LogP contribution in [0.1, 0.15) is 22.3 Å². The molecule has 0 fully saturated rings. The minimum Gasteiger partial charge on any atom is -0.242 e. The Bertz CT molecular complexity index is 817. The van der Waals surface area contributed by atoms with E-state index in [9.17, 15) is 0 Å².